The maximum Gasteiger partial charge on any atom is 0.343 e. The summed E-state index contributed by atoms with van der Waals surface area (Å²) in [5.41, 5.74) is 16.8. The van der Waals surface area contributed by atoms with Crippen molar-refractivity contribution in [3.8, 4) is 11.5 Å². The van der Waals surface area contributed by atoms with Crippen LogP contribution in [-0.2, 0) is 6.42 Å². The fourth-order valence-corrected chi connectivity index (χ4v) is 3.17. The van der Waals surface area contributed by atoms with Crippen molar-refractivity contribution in [1.29, 1.82) is 0 Å². The van der Waals surface area contributed by atoms with Crippen LogP contribution in [-0.4, -0.2) is 12.6 Å². The van der Waals surface area contributed by atoms with Crippen molar-refractivity contribution in [3.05, 3.63) is 46.0 Å². The van der Waals surface area contributed by atoms with E-state index in [2.05, 4.69) is 0 Å². The highest BCUT2D eigenvalue weighted by molar-refractivity contribution is 5.93. The molecule has 5 nitrogen and oxygen atoms in total. The Balaban J connectivity index is 2.01. The van der Waals surface area contributed by atoms with Crippen molar-refractivity contribution in [1.82, 2.24) is 0 Å². The highest BCUT2D eigenvalue weighted by atomic mass is 16.5. The van der Waals surface area contributed by atoms with E-state index in [0.29, 0.717) is 22.7 Å². The molecule has 2 aromatic rings. The van der Waals surface area contributed by atoms with Crippen LogP contribution in [0.5, 0.6) is 11.5 Å². The topological polar surface area (TPSA) is 87.6 Å². The first-order valence-electron chi connectivity index (χ1n) is 8.02. The van der Waals surface area contributed by atoms with E-state index < -0.39 is 5.97 Å². The van der Waals surface area contributed by atoms with Crippen LogP contribution in [0.2, 0.25) is 0 Å². The minimum atomic E-state index is -0.462. The Morgan fingerprint density at radius 2 is 1.71 bits per heavy atom. The highest BCUT2D eigenvalue weighted by Gasteiger charge is 2.23. The van der Waals surface area contributed by atoms with Gasteiger partial charge in [0.05, 0.1) is 12.2 Å². The lowest BCUT2D eigenvalue weighted by Gasteiger charge is -2.25. The minimum absolute atomic E-state index is 0.345. The smallest absolute Gasteiger partial charge is 0.343 e. The number of carbonyl (C=O) groups is 1. The molecule has 0 radical (unpaired) electrons. The van der Waals surface area contributed by atoms with Gasteiger partial charge in [-0.2, -0.15) is 0 Å². The maximum absolute atomic E-state index is 12.5. The van der Waals surface area contributed by atoms with E-state index in [9.17, 15) is 4.79 Å². The number of rotatable bonds is 2. The van der Waals surface area contributed by atoms with E-state index >= 15 is 0 Å². The third-order valence-electron chi connectivity index (χ3n) is 4.54. The molecule has 3 rings (SSSR count). The lowest BCUT2D eigenvalue weighted by atomic mass is 9.93. The quantitative estimate of drug-likeness (QED) is 0.502. The molecule has 0 bridgehead atoms. The number of carbonyl (C=O) groups excluding carboxylic acids is 1. The zero-order valence-corrected chi connectivity index (χ0v) is 14.2. The summed E-state index contributed by atoms with van der Waals surface area (Å²) in [6.07, 6.45) is 1.90. The van der Waals surface area contributed by atoms with Crippen molar-refractivity contribution in [2.45, 2.75) is 33.6 Å². The average Bonchev–Trinajstić information content (AvgIpc) is 2.55. The van der Waals surface area contributed by atoms with E-state index in [1.54, 1.807) is 18.2 Å². The molecule has 5 heteroatoms. The molecule has 1 heterocycles. The fraction of sp³-hybridized carbons (Fsp3) is 0.316. The molecule has 2 aromatic carbocycles. The summed E-state index contributed by atoms with van der Waals surface area (Å²) in [7, 11) is 0. The highest BCUT2D eigenvalue weighted by Crippen LogP contribution is 2.40. The van der Waals surface area contributed by atoms with Gasteiger partial charge in [0, 0.05) is 16.9 Å². The molecule has 0 aliphatic carbocycles. The third kappa shape index (κ3) is 2.77. The summed E-state index contributed by atoms with van der Waals surface area (Å²) in [6, 6.07) is 4.74. The van der Waals surface area contributed by atoms with E-state index in [0.717, 1.165) is 47.5 Å². The van der Waals surface area contributed by atoms with E-state index in [-0.39, 0.29) is 0 Å². The minimum Gasteiger partial charge on any atom is -0.493 e. The number of nitrogen functional groups attached to an aromatic ring is 2. The Bertz CT molecular complexity index is 808. The van der Waals surface area contributed by atoms with Gasteiger partial charge in [0.15, 0.2) is 0 Å². The molecular weight excluding hydrogens is 304 g/mol. The predicted octanol–water partition coefficient (Wildman–Crippen LogP) is 3.32. The van der Waals surface area contributed by atoms with E-state index in [1.165, 1.54) is 0 Å². The number of fused-ring (bicyclic) bond motifs is 1. The second-order valence-corrected chi connectivity index (χ2v) is 6.24. The van der Waals surface area contributed by atoms with Crippen LogP contribution >= 0.6 is 0 Å². The number of hydrogen-bond donors (Lipinski definition) is 2. The molecule has 0 aromatic heterocycles. The van der Waals surface area contributed by atoms with Crippen LogP contribution in [0.3, 0.4) is 0 Å². The Kier molecular flexibility index (Phi) is 4.09. The number of ether oxygens (including phenoxy) is 2. The van der Waals surface area contributed by atoms with Crippen LogP contribution in [0, 0.1) is 20.8 Å². The van der Waals surface area contributed by atoms with Gasteiger partial charge < -0.3 is 20.9 Å². The third-order valence-corrected chi connectivity index (χ3v) is 4.54. The van der Waals surface area contributed by atoms with E-state index in [4.69, 9.17) is 20.9 Å². The Hall–Kier alpha value is -2.69. The predicted molar refractivity (Wildman–Crippen MR) is 94.7 cm³/mol. The molecule has 126 valence electrons. The fourth-order valence-electron chi connectivity index (χ4n) is 3.17. The second-order valence-electron chi connectivity index (χ2n) is 6.24. The van der Waals surface area contributed by atoms with Gasteiger partial charge in [0.1, 0.15) is 11.5 Å². The number of anilines is 2. The van der Waals surface area contributed by atoms with Crippen molar-refractivity contribution in [2.24, 2.45) is 0 Å². The number of esters is 1. The molecule has 4 N–H and O–H groups in total. The van der Waals surface area contributed by atoms with Gasteiger partial charge >= 0.3 is 5.97 Å². The normalized spacial score (nSPS) is 13.1. The molecule has 1 aliphatic heterocycles. The van der Waals surface area contributed by atoms with Gasteiger partial charge in [0.2, 0.25) is 0 Å². The summed E-state index contributed by atoms with van der Waals surface area (Å²) in [6.45, 7) is 6.64. The first kappa shape index (κ1) is 16.2. The lowest BCUT2D eigenvalue weighted by molar-refractivity contribution is 0.0731. The monoisotopic (exact) mass is 326 g/mol. The van der Waals surface area contributed by atoms with Crippen molar-refractivity contribution in [3.63, 3.8) is 0 Å². The van der Waals surface area contributed by atoms with Crippen LogP contribution in [0.15, 0.2) is 18.2 Å². The molecule has 1 aliphatic rings. The van der Waals surface area contributed by atoms with Gasteiger partial charge in [0.25, 0.3) is 0 Å². The Morgan fingerprint density at radius 3 is 2.38 bits per heavy atom. The molecule has 0 saturated heterocycles. The molecular formula is C19H22N2O3. The van der Waals surface area contributed by atoms with Gasteiger partial charge in [-0.25, -0.2) is 4.79 Å². The number of nitrogens with two attached hydrogens (primary N) is 2. The van der Waals surface area contributed by atoms with Crippen LogP contribution in [0.25, 0.3) is 0 Å². The van der Waals surface area contributed by atoms with Crippen LogP contribution < -0.4 is 20.9 Å². The SMILES string of the molecule is Cc1c(C)c2c(c(C)c1OC(=O)c1cc(N)cc(N)c1)CCCO2. The van der Waals surface area contributed by atoms with Crippen LogP contribution in [0.1, 0.15) is 39.0 Å². The molecule has 0 fully saturated rings. The zero-order chi connectivity index (χ0) is 17.4. The zero-order valence-electron chi connectivity index (χ0n) is 14.2. The number of benzene rings is 2. The maximum atomic E-state index is 12.5. The van der Waals surface area contributed by atoms with Gasteiger partial charge in [-0.1, -0.05) is 0 Å². The Morgan fingerprint density at radius 1 is 1.04 bits per heavy atom. The summed E-state index contributed by atoms with van der Waals surface area (Å²) < 4.78 is 11.5. The summed E-state index contributed by atoms with van der Waals surface area (Å²) in [4.78, 5) is 12.5. The summed E-state index contributed by atoms with van der Waals surface area (Å²) in [5, 5.41) is 0. The largest absolute Gasteiger partial charge is 0.493 e. The number of hydrogen-bond acceptors (Lipinski definition) is 5. The first-order valence-corrected chi connectivity index (χ1v) is 8.02. The van der Waals surface area contributed by atoms with Gasteiger partial charge in [-0.15, -0.1) is 0 Å². The standard InChI is InChI=1S/C19H22N2O3/c1-10-11(2)18-16(5-4-6-23-18)12(3)17(10)24-19(22)13-7-14(20)9-15(21)8-13/h7-9H,4-6,20-21H2,1-3H3. The lowest BCUT2D eigenvalue weighted by Crippen LogP contribution is -2.16. The molecule has 24 heavy (non-hydrogen) atoms. The van der Waals surface area contributed by atoms with E-state index in [1.807, 2.05) is 20.8 Å². The molecule has 0 spiro atoms. The summed E-state index contributed by atoms with van der Waals surface area (Å²) >= 11 is 0. The molecule has 0 atom stereocenters. The van der Waals surface area contributed by atoms with Crippen molar-refractivity contribution < 1.29 is 14.3 Å². The first-order chi connectivity index (χ1) is 11.4. The van der Waals surface area contributed by atoms with Gasteiger partial charge in [-0.05, 0) is 68.5 Å². The average molecular weight is 326 g/mol. The van der Waals surface area contributed by atoms with Crippen molar-refractivity contribution in [2.75, 3.05) is 18.1 Å². The van der Waals surface area contributed by atoms with Crippen molar-refractivity contribution >= 4 is 17.3 Å². The Labute approximate surface area is 141 Å². The summed E-state index contributed by atoms with van der Waals surface area (Å²) in [5.74, 6) is 1.07. The second kappa shape index (κ2) is 6.07. The van der Waals surface area contributed by atoms with Crippen LogP contribution in [0.4, 0.5) is 11.4 Å². The molecule has 0 saturated carbocycles. The molecule has 0 amide bonds. The molecule has 0 unspecified atom stereocenters. The van der Waals surface area contributed by atoms with Gasteiger partial charge in [-0.3, -0.25) is 0 Å².